The van der Waals surface area contributed by atoms with Gasteiger partial charge >= 0.3 is 0 Å². The standard InChI is InChI=1S/C11H13BrN2O/c12-9-5-8(6-10(13)7-9)11(15)14-3-1-2-4-14/h5-7H,1-4,13H2. The minimum absolute atomic E-state index is 0.0838. The molecule has 1 aromatic carbocycles. The van der Waals surface area contributed by atoms with Crippen molar-refractivity contribution >= 4 is 27.5 Å². The SMILES string of the molecule is Nc1cc(Br)cc(C(=O)N2CCCC2)c1. The van der Waals surface area contributed by atoms with E-state index in [1.807, 2.05) is 11.0 Å². The smallest absolute Gasteiger partial charge is 0.253 e. The van der Waals surface area contributed by atoms with Crippen LogP contribution in [0.1, 0.15) is 23.2 Å². The molecule has 0 unspecified atom stereocenters. The number of carbonyl (C=O) groups excluding carboxylic acids is 1. The summed E-state index contributed by atoms with van der Waals surface area (Å²) in [5, 5.41) is 0. The Hall–Kier alpha value is -1.03. The molecule has 0 atom stereocenters. The lowest BCUT2D eigenvalue weighted by Crippen LogP contribution is -2.27. The molecule has 0 radical (unpaired) electrons. The minimum atomic E-state index is 0.0838. The second-order valence-corrected chi connectivity index (χ2v) is 4.69. The maximum atomic E-state index is 12.0. The summed E-state index contributed by atoms with van der Waals surface area (Å²) in [6.45, 7) is 1.73. The van der Waals surface area contributed by atoms with E-state index in [-0.39, 0.29) is 5.91 Å². The van der Waals surface area contributed by atoms with Gasteiger partial charge in [0, 0.05) is 28.8 Å². The Morgan fingerprint density at radius 1 is 1.27 bits per heavy atom. The molecule has 1 aliphatic rings. The predicted molar refractivity (Wildman–Crippen MR) is 63.7 cm³/mol. The molecule has 2 N–H and O–H groups in total. The van der Waals surface area contributed by atoms with Crippen LogP contribution in [0.5, 0.6) is 0 Å². The number of benzene rings is 1. The van der Waals surface area contributed by atoms with Gasteiger partial charge in [0.2, 0.25) is 0 Å². The molecule has 0 aliphatic carbocycles. The third-order valence-corrected chi connectivity index (χ3v) is 3.02. The van der Waals surface area contributed by atoms with E-state index in [1.165, 1.54) is 0 Å². The highest BCUT2D eigenvalue weighted by Crippen LogP contribution is 2.20. The molecule has 1 amide bonds. The second-order valence-electron chi connectivity index (χ2n) is 3.77. The molecule has 0 bridgehead atoms. The van der Waals surface area contributed by atoms with E-state index in [2.05, 4.69) is 15.9 Å². The Morgan fingerprint density at radius 2 is 1.93 bits per heavy atom. The Balaban J connectivity index is 2.24. The maximum absolute atomic E-state index is 12.0. The summed E-state index contributed by atoms with van der Waals surface area (Å²) in [6.07, 6.45) is 2.21. The van der Waals surface area contributed by atoms with Crippen molar-refractivity contribution in [2.24, 2.45) is 0 Å². The summed E-state index contributed by atoms with van der Waals surface area (Å²) in [5.41, 5.74) is 6.98. The maximum Gasteiger partial charge on any atom is 0.253 e. The van der Waals surface area contributed by atoms with Crippen molar-refractivity contribution in [2.45, 2.75) is 12.8 Å². The number of nitrogen functional groups attached to an aromatic ring is 1. The number of anilines is 1. The number of nitrogens with zero attached hydrogens (tertiary/aromatic N) is 1. The van der Waals surface area contributed by atoms with Crippen molar-refractivity contribution < 1.29 is 4.79 Å². The molecule has 0 aromatic heterocycles. The van der Waals surface area contributed by atoms with Crippen LogP contribution in [-0.2, 0) is 0 Å². The van der Waals surface area contributed by atoms with Gasteiger partial charge in [0.25, 0.3) is 5.91 Å². The molecule has 2 rings (SSSR count). The molecule has 15 heavy (non-hydrogen) atoms. The first kappa shape index (κ1) is 10.5. The Morgan fingerprint density at radius 3 is 2.53 bits per heavy atom. The van der Waals surface area contributed by atoms with Crippen molar-refractivity contribution in [3.8, 4) is 0 Å². The van der Waals surface area contributed by atoms with Gasteiger partial charge in [0.1, 0.15) is 0 Å². The number of carbonyl (C=O) groups is 1. The monoisotopic (exact) mass is 268 g/mol. The van der Waals surface area contributed by atoms with Crippen LogP contribution in [-0.4, -0.2) is 23.9 Å². The van der Waals surface area contributed by atoms with Crippen LogP contribution < -0.4 is 5.73 Å². The predicted octanol–water partition coefficient (Wildman–Crippen LogP) is 2.27. The van der Waals surface area contributed by atoms with Gasteiger partial charge in [-0.3, -0.25) is 4.79 Å². The van der Waals surface area contributed by atoms with Crippen LogP contribution in [0.15, 0.2) is 22.7 Å². The first-order chi connectivity index (χ1) is 7.16. The minimum Gasteiger partial charge on any atom is -0.399 e. The summed E-state index contributed by atoms with van der Waals surface area (Å²) in [7, 11) is 0. The van der Waals surface area contributed by atoms with E-state index < -0.39 is 0 Å². The molecule has 0 saturated carbocycles. The third kappa shape index (κ3) is 2.31. The molecule has 3 nitrogen and oxygen atoms in total. The molecule has 1 fully saturated rings. The van der Waals surface area contributed by atoms with Gasteiger partial charge in [0.05, 0.1) is 0 Å². The molecule has 0 spiro atoms. The normalized spacial score (nSPS) is 15.7. The second kappa shape index (κ2) is 4.23. The molecule has 1 aliphatic heterocycles. The fourth-order valence-corrected chi connectivity index (χ4v) is 2.35. The number of hydrogen-bond acceptors (Lipinski definition) is 2. The van der Waals surface area contributed by atoms with E-state index in [0.29, 0.717) is 11.3 Å². The first-order valence-electron chi connectivity index (χ1n) is 5.02. The van der Waals surface area contributed by atoms with Crippen molar-refractivity contribution in [1.29, 1.82) is 0 Å². The topological polar surface area (TPSA) is 46.3 Å². The molecular formula is C11H13BrN2O. The molecule has 1 heterocycles. The summed E-state index contributed by atoms with van der Waals surface area (Å²) >= 11 is 3.34. The number of amides is 1. The Bertz CT molecular complexity index is 366. The lowest BCUT2D eigenvalue weighted by Gasteiger charge is -2.15. The van der Waals surface area contributed by atoms with E-state index in [1.54, 1.807) is 12.1 Å². The number of hydrogen-bond donors (Lipinski definition) is 1. The van der Waals surface area contributed by atoms with E-state index in [0.717, 1.165) is 30.4 Å². The van der Waals surface area contributed by atoms with E-state index >= 15 is 0 Å². The Labute approximate surface area is 97.4 Å². The average molecular weight is 269 g/mol. The van der Waals surface area contributed by atoms with E-state index in [9.17, 15) is 4.79 Å². The lowest BCUT2D eigenvalue weighted by molar-refractivity contribution is 0.0793. The summed E-state index contributed by atoms with van der Waals surface area (Å²) in [4.78, 5) is 13.9. The van der Waals surface area contributed by atoms with Crippen LogP contribution in [0, 0.1) is 0 Å². The fourth-order valence-electron chi connectivity index (χ4n) is 1.84. The highest BCUT2D eigenvalue weighted by Gasteiger charge is 2.19. The van der Waals surface area contributed by atoms with Gasteiger partial charge in [-0.25, -0.2) is 0 Å². The van der Waals surface area contributed by atoms with Crippen LogP contribution >= 0.6 is 15.9 Å². The quantitative estimate of drug-likeness (QED) is 0.795. The third-order valence-electron chi connectivity index (χ3n) is 2.56. The zero-order valence-electron chi connectivity index (χ0n) is 8.37. The van der Waals surface area contributed by atoms with Crippen LogP contribution in [0.3, 0.4) is 0 Å². The number of likely N-dealkylation sites (tertiary alicyclic amines) is 1. The van der Waals surface area contributed by atoms with Crippen molar-refractivity contribution in [3.05, 3.63) is 28.2 Å². The Kier molecular flexibility index (Phi) is 2.95. The van der Waals surface area contributed by atoms with Crippen LogP contribution in [0.25, 0.3) is 0 Å². The van der Waals surface area contributed by atoms with Crippen molar-refractivity contribution in [2.75, 3.05) is 18.8 Å². The van der Waals surface area contributed by atoms with Crippen molar-refractivity contribution in [1.82, 2.24) is 4.90 Å². The van der Waals surface area contributed by atoms with Gasteiger partial charge in [-0.15, -0.1) is 0 Å². The van der Waals surface area contributed by atoms with Gasteiger partial charge in [-0.1, -0.05) is 15.9 Å². The zero-order chi connectivity index (χ0) is 10.8. The van der Waals surface area contributed by atoms with Crippen molar-refractivity contribution in [3.63, 3.8) is 0 Å². The average Bonchev–Trinajstić information content (AvgIpc) is 2.67. The zero-order valence-corrected chi connectivity index (χ0v) is 9.96. The largest absolute Gasteiger partial charge is 0.399 e. The van der Waals surface area contributed by atoms with E-state index in [4.69, 9.17) is 5.73 Å². The van der Waals surface area contributed by atoms with Gasteiger partial charge in [0.15, 0.2) is 0 Å². The molecule has 1 aromatic rings. The number of rotatable bonds is 1. The van der Waals surface area contributed by atoms with Crippen LogP contribution in [0.2, 0.25) is 0 Å². The summed E-state index contributed by atoms with van der Waals surface area (Å²) in [6, 6.07) is 5.34. The molecule has 1 saturated heterocycles. The molecular weight excluding hydrogens is 256 g/mol. The van der Waals surface area contributed by atoms with Gasteiger partial charge in [-0.2, -0.15) is 0 Å². The summed E-state index contributed by atoms with van der Waals surface area (Å²) in [5.74, 6) is 0.0838. The van der Waals surface area contributed by atoms with Crippen LogP contribution in [0.4, 0.5) is 5.69 Å². The first-order valence-corrected chi connectivity index (χ1v) is 5.81. The highest BCUT2D eigenvalue weighted by atomic mass is 79.9. The highest BCUT2D eigenvalue weighted by molar-refractivity contribution is 9.10. The number of halogens is 1. The summed E-state index contributed by atoms with van der Waals surface area (Å²) < 4.78 is 0.852. The number of nitrogens with two attached hydrogens (primary N) is 1. The molecule has 4 heteroatoms. The van der Waals surface area contributed by atoms with Gasteiger partial charge in [-0.05, 0) is 31.0 Å². The lowest BCUT2D eigenvalue weighted by atomic mass is 10.2. The fraction of sp³-hybridized carbons (Fsp3) is 0.364. The van der Waals surface area contributed by atoms with Gasteiger partial charge < -0.3 is 10.6 Å². The molecule has 80 valence electrons.